The Morgan fingerprint density at radius 2 is 1.86 bits per heavy atom. The molecule has 2 atom stereocenters. The lowest BCUT2D eigenvalue weighted by molar-refractivity contribution is 0.0978. The zero-order chi connectivity index (χ0) is 14.0. The second-order valence-corrected chi connectivity index (χ2v) is 7.39. The van der Waals surface area contributed by atoms with Crippen molar-refractivity contribution in [3.05, 3.63) is 0 Å². The van der Waals surface area contributed by atoms with Crippen LogP contribution in [0.25, 0.3) is 0 Å². The van der Waals surface area contributed by atoms with Crippen LogP contribution in [0, 0.1) is 5.41 Å². The molecule has 0 aromatic rings. The van der Waals surface area contributed by atoms with Crippen LogP contribution in [0.1, 0.15) is 26.7 Å². The van der Waals surface area contributed by atoms with Crippen LogP contribution in [-0.2, 0) is 0 Å². The number of nitrogens with one attached hydrogen (secondary N) is 1. The Hall–Kier alpha value is 0.130. The van der Waals surface area contributed by atoms with Gasteiger partial charge in [0.15, 0.2) is 0 Å². The van der Waals surface area contributed by atoms with E-state index in [1.165, 1.54) is 78.3 Å². The fourth-order valence-electron chi connectivity index (χ4n) is 4.24. The lowest BCUT2D eigenvalue weighted by atomic mass is 9.89. The normalized spacial score (nSPS) is 36.0. The molecule has 0 aromatic heterocycles. The van der Waals surface area contributed by atoms with Crippen LogP contribution in [0.3, 0.4) is 0 Å². The molecular formula is C16H33ClN4. The Bertz CT molecular complexity index is 311. The standard InChI is InChI=1S/C16H32N4.ClH/c1-3-18-8-10-20(11-9-18)15-4-7-19(12-15)14-16(2)5-6-17-13-16;/h15,17H,3-14H2,1-2H3;1H. The van der Waals surface area contributed by atoms with Gasteiger partial charge in [-0.1, -0.05) is 13.8 Å². The van der Waals surface area contributed by atoms with Gasteiger partial charge in [0.05, 0.1) is 0 Å². The second kappa shape index (κ2) is 7.60. The summed E-state index contributed by atoms with van der Waals surface area (Å²) < 4.78 is 0. The fraction of sp³-hybridized carbons (Fsp3) is 1.00. The number of nitrogens with zero attached hydrogens (tertiary/aromatic N) is 3. The summed E-state index contributed by atoms with van der Waals surface area (Å²) in [6.07, 6.45) is 2.74. The quantitative estimate of drug-likeness (QED) is 0.839. The van der Waals surface area contributed by atoms with Crippen molar-refractivity contribution in [1.29, 1.82) is 0 Å². The summed E-state index contributed by atoms with van der Waals surface area (Å²) in [5.74, 6) is 0. The van der Waals surface area contributed by atoms with Crippen molar-refractivity contribution < 1.29 is 0 Å². The van der Waals surface area contributed by atoms with E-state index in [2.05, 4.69) is 33.9 Å². The van der Waals surface area contributed by atoms with Crippen molar-refractivity contribution >= 4 is 12.4 Å². The molecule has 0 aliphatic carbocycles. The van der Waals surface area contributed by atoms with Gasteiger partial charge in [0.2, 0.25) is 0 Å². The van der Waals surface area contributed by atoms with E-state index in [-0.39, 0.29) is 12.4 Å². The molecule has 0 bridgehead atoms. The molecule has 0 amide bonds. The number of likely N-dealkylation sites (tertiary alicyclic amines) is 1. The number of hydrogen-bond acceptors (Lipinski definition) is 4. The van der Waals surface area contributed by atoms with Gasteiger partial charge in [0.25, 0.3) is 0 Å². The molecule has 21 heavy (non-hydrogen) atoms. The molecule has 3 fully saturated rings. The summed E-state index contributed by atoms with van der Waals surface area (Å²) in [5, 5.41) is 3.53. The summed E-state index contributed by atoms with van der Waals surface area (Å²) in [5.41, 5.74) is 0.524. The van der Waals surface area contributed by atoms with Gasteiger partial charge in [-0.05, 0) is 37.9 Å². The minimum atomic E-state index is 0. The van der Waals surface area contributed by atoms with Crippen LogP contribution >= 0.6 is 12.4 Å². The highest BCUT2D eigenvalue weighted by atomic mass is 35.5. The second-order valence-electron chi connectivity index (χ2n) is 7.39. The van der Waals surface area contributed by atoms with Gasteiger partial charge in [0.1, 0.15) is 0 Å². The van der Waals surface area contributed by atoms with E-state index >= 15 is 0 Å². The van der Waals surface area contributed by atoms with Crippen LogP contribution < -0.4 is 5.32 Å². The van der Waals surface area contributed by atoms with Gasteiger partial charge in [-0.2, -0.15) is 0 Å². The largest absolute Gasteiger partial charge is 0.316 e. The van der Waals surface area contributed by atoms with Crippen molar-refractivity contribution in [2.45, 2.75) is 32.7 Å². The number of hydrogen-bond donors (Lipinski definition) is 1. The lowest BCUT2D eigenvalue weighted by Gasteiger charge is -2.38. The maximum absolute atomic E-state index is 3.53. The molecule has 3 heterocycles. The zero-order valence-electron chi connectivity index (χ0n) is 13.8. The van der Waals surface area contributed by atoms with Crippen LogP contribution in [0.5, 0.6) is 0 Å². The molecule has 1 N–H and O–H groups in total. The topological polar surface area (TPSA) is 21.8 Å². The Morgan fingerprint density at radius 1 is 1.10 bits per heavy atom. The average molecular weight is 317 g/mol. The van der Waals surface area contributed by atoms with Gasteiger partial charge >= 0.3 is 0 Å². The molecule has 0 radical (unpaired) electrons. The van der Waals surface area contributed by atoms with Crippen molar-refractivity contribution in [2.75, 3.05) is 65.4 Å². The third-order valence-corrected chi connectivity index (χ3v) is 5.68. The number of rotatable bonds is 4. The highest BCUT2D eigenvalue weighted by Crippen LogP contribution is 2.28. The zero-order valence-corrected chi connectivity index (χ0v) is 14.6. The Labute approximate surface area is 136 Å². The van der Waals surface area contributed by atoms with E-state index in [1.807, 2.05) is 0 Å². The molecule has 0 spiro atoms. The first-order valence-corrected chi connectivity index (χ1v) is 8.58. The predicted molar refractivity (Wildman–Crippen MR) is 91.4 cm³/mol. The molecule has 5 heteroatoms. The maximum Gasteiger partial charge on any atom is 0.0236 e. The number of likely N-dealkylation sites (N-methyl/N-ethyl adjacent to an activating group) is 1. The SMILES string of the molecule is CCN1CCN(C2CCN(CC3(C)CCNC3)C2)CC1.Cl. The first kappa shape index (κ1) is 17.5. The van der Waals surface area contributed by atoms with Crippen molar-refractivity contribution in [3.63, 3.8) is 0 Å². The summed E-state index contributed by atoms with van der Waals surface area (Å²) in [7, 11) is 0. The third kappa shape index (κ3) is 4.32. The van der Waals surface area contributed by atoms with Crippen molar-refractivity contribution in [3.8, 4) is 0 Å². The van der Waals surface area contributed by atoms with Crippen LogP contribution in [0.2, 0.25) is 0 Å². The van der Waals surface area contributed by atoms with Crippen LogP contribution in [-0.4, -0.2) is 86.2 Å². The van der Waals surface area contributed by atoms with E-state index in [9.17, 15) is 0 Å². The minimum absolute atomic E-state index is 0. The predicted octanol–water partition coefficient (Wildman–Crippen LogP) is 1.12. The van der Waals surface area contributed by atoms with Gasteiger partial charge in [-0.25, -0.2) is 0 Å². The smallest absolute Gasteiger partial charge is 0.0236 e. The van der Waals surface area contributed by atoms with Gasteiger partial charge in [-0.15, -0.1) is 12.4 Å². The average Bonchev–Trinajstić information content (AvgIpc) is 3.09. The summed E-state index contributed by atoms with van der Waals surface area (Å²) in [6, 6.07) is 0.826. The van der Waals surface area contributed by atoms with E-state index in [4.69, 9.17) is 0 Å². The molecule has 3 rings (SSSR count). The minimum Gasteiger partial charge on any atom is -0.316 e. The van der Waals surface area contributed by atoms with Gasteiger partial charge in [0, 0.05) is 51.9 Å². The number of piperazine rings is 1. The number of halogens is 1. The Kier molecular flexibility index (Phi) is 6.33. The molecule has 0 aromatic carbocycles. The Morgan fingerprint density at radius 3 is 2.48 bits per heavy atom. The molecule has 3 aliphatic heterocycles. The van der Waals surface area contributed by atoms with E-state index in [1.54, 1.807) is 0 Å². The fourth-order valence-corrected chi connectivity index (χ4v) is 4.24. The monoisotopic (exact) mass is 316 g/mol. The molecule has 0 saturated carbocycles. The molecule has 4 nitrogen and oxygen atoms in total. The van der Waals surface area contributed by atoms with E-state index < -0.39 is 0 Å². The molecule has 2 unspecified atom stereocenters. The molecule has 124 valence electrons. The first-order chi connectivity index (χ1) is 9.68. The van der Waals surface area contributed by atoms with Crippen LogP contribution in [0.4, 0.5) is 0 Å². The summed E-state index contributed by atoms with van der Waals surface area (Å²) >= 11 is 0. The third-order valence-electron chi connectivity index (χ3n) is 5.68. The summed E-state index contributed by atoms with van der Waals surface area (Å²) in [4.78, 5) is 8.06. The highest BCUT2D eigenvalue weighted by Gasteiger charge is 2.35. The summed E-state index contributed by atoms with van der Waals surface area (Å²) in [6.45, 7) is 17.4. The van der Waals surface area contributed by atoms with E-state index in [0.29, 0.717) is 5.41 Å². The van der Waals surface area contributed by atoms with Gasteiger partial charge in [-0.3, -0.25) is 4.90 Å². The molecular weight excluding hydrogens is 284 g/mol. The molecule has 3 aliphatic rings. The first-order valence-electron chi connectivity index (χ1n) is 8.58. The van der Waals surface area contributed by atoms with Crippen LogP contribution in [0.15, 0.2) is 0 Å². The van der Waals surface area contributed by atoms with Crippen molar-refractivity contribution in [1.82, 2.24) is 20.0 Å². The maximum atomic E-state index is 3.53. The molecule has 3 saturated heterocycles. The highest BCUT2D eigenvalue weighted by molar-refractivity contribution is 5.85. The Balaban J connectivity index is 0.00000161. The lowest BCUT2D eigenvalue weighted by Crippen LogP contribution is -2.51. The van der Waals surface area contributed by atoms with Gasteiger partial charge < -0.3 is 15.1 Å². The van der Waals surface area contributed by atoms with E-state index in [0.717, 1.165) is 6.04 Å². The van der Waals surface area contributed by atoms with Crippen molar-refractivity contribution in [2.24, 2.45) is 5.41 Å².